The maximum Gasteiger partial charge on any atom is 0.325 e. The smallest absolute Gasteiger partial charge is 0.325 e. The summed E-state index contributed by atoms with van der Waals surface area (Å²) >= 11 is 1.35. The summed E-state index contributed by atoms with van der Waals surface area (Å²) in [6.07, 6.45) is -0.843. The van der Waals surface area contributed by atoms with E-state index >= 15 is 0 Å². The number of methoxy groups -OCH3 is 1. The third-order valence-corrected chi connectivity index (χ3v) is 5.64. The third-order valence-electron chi connectivity index (χ3n) is 4.62. The molecule has 0 unspecified atom stereocenters. The Hall–Kier alpha value is -3.13. The SMILES string of the molecule is COC(=O)Cn1c(=NC(=O)[C@@H]2COc3ccccc3O2)sc2cc(C)cc(C)c21. The van der Waals surface area contributed by atoms with Gasteiger partial charge in [-0.05, 0) is 43.2 Å². The number of nitrogens with zero attached hydrogens (tertiary/aromatic N) is 2. The largest absolute Gasteiger partial charge is 0.485 e. The molecule has 0 aliphatic carbocycles. The van der Waals surface area contributed by atoms with Crippen molar-refractivity contribution in [2.45, 2.75) is 26.5 Å². The monoisotopic (exact) mass is 412 g/mol. The second-order valence-corrected chi connectivity index (χ2v) is 7.80. The predicted molar refractivity (Wildman–Crippen MR) is 108 cm³/mol. The molecule has 3 aromatic rings. The number of esters is 1. The van der Waals surface area contributed by atoms with Gasteiger partial charge in [0.1, 0.15) is 13.2 Å². The van der Waals surface area contributed by atoms with Crippen LogP contribution in [0.2, 0.25) is 0 Å². The van der Waals surface area contributed by atoms with Gasteiger partial charge in [-0.15, -0.1) is 0 Å². The Morgan fingerprint density at radius 2 is 2.00 bits per heavy atom. The van der Waals surface area contributed by atoms with E-state index in [1.807, 2.05) is 38.1 Å². The first-order chi connectivity index (χ1) is 14.0. The van der Waals surface area contributed by atoms with Crippen LogP contribution in [0.5, 0.6) is 11.5 Å². The fourth-order valence-corrected chi connectivity index (χ4v) is 4.54. The minimum atomic E-state index is -0.843. The van der Waals surface area contributed by atoms with Gasteiger partial charge in [-0.2, -0.15) is 4.99 Å². The van der Waals surface area contributed by atoms with Crippen molar-refractivity contribution in [1.82, 2.24) is 4.57 Å². The lowest BCUT2D eigenvalue weighted by atomic mass is 10.1. The molecule has 150 valence electrons. The molecule has 0 fully saturated rings. The zero-order valence-corrected chi connectivity index (χ0v) is 17.1. The molecular formula is C21H20N2O5S. The zero-order chi connectivity index (χ0) is 20.5. The molecule has 0 bridgehead atoms. The van der Waals surface area contributed by atoms with Gasteiger partial charge in [0.25, 0.3) is 5.91 Å². The molecule has 0 spiro atoms. The lowest BCUT2D eigenvalue weighted by molar-refractivity contribution is -0.141. The summed E-state index contributed by atoms with van der Waals surface area (Å²) in [5.74, 6) is 0.242. The molecule has 1 aliphatic heterocycles. The van der Waals surface area contributed by atoms with Gasteiger partial charge in [-0.25, -0.2) is 0 Å². The number of para-hydroxylation sites is 2. The van der Waals surface area contributed by atoms with E-state index in [1.54, 1.807) is 16.7 Å². The van der Waals surface area contributed by atoms with Gasteiger partial charge in [-0.3, -0.25) is 9.59 Å². The molecule has 7 nitrogen and oxygen atoms in total. The molecule has 1 aliphatic rings. The van der Waals surface area contributed by atoms with Gasteiger partial charge < -0.3 is 18.8 Å². The number of carbonyl (C=O) groups is 2. The molecule has 4 rings (SSSR count). The number of carbonyl (C=O) groups excluding carboxylic acids is 2. The molecule has 0 saturated carbocycles. The molecule has 29 heavy (non-hydrogen) atoms. The molecule has 1 aromatic heterocycles. The molecule has 0 radical (unpaired) electrons. The fourth-order valence-electron chi connectivity index (χ4n) is 3.32. The van der Waals surface area contributed by atoms with Gasteiger partial charge in [0, 0.05) is 0 Å². The summed E-state index contributed by atoms with van der Waals surface area (Å²) in [6.45, 7) is 4.02. The zero-order valence-electron chi connectivity index (χ0n) is 16.3. The first kappa shape index (κ1) is 19.2. The van der Waals surface area contributed by atoms with E-state index in [-0.39, 0.29) is 13.2 Å². The average molecular weight is 412 g/mol. The van der Waals surface area contributed by atoms with Crippen LogP contribution in [0.25, 0.3) is 10.2 Å². The highest BCUT2D eigenvalue weighted by molar-refractivity contribution is 7.16. The topological polar surface area (TPSA) is 79.1 Å². The van der Waals surface area contributed by atoms with Crippen molar-refractivity contribution in [3.63, 3.8) is 0 Å². The maximum absolute atomic E-state index is 12.8. The average Bonchev–Trinajstić information content (AvgIpc) is 3.04. The Bertz CT molecular complexity index is 1180. The predicted octanol–water partition coefficient (Wildman–Crippen LogP) is 2.76. The van der Waals surface area contributed by atoms with Gasteiger partial charge in [0.2, 0.25) is 6.10 Å². The summed E-state index contributed by atoms with van der Waals surface area (Å²) in [7, 11) is 1.33. The second-order valence-electron chi connectivity index (χ2n) is 6.79. The third kappa shape index (κ3) is 3.75. The number of hydrogen-bond donors (Lipinski definition) is 0. The summed E-state index contributed by atoms with van der Waals surface area (Å²) in [4.78, 5) is 29.5. The molecule has 0 N–H and O–H groups in total. The minimum Gasteiger partial charge on any atom is -0.485 e. The Morgan fingerprint density at radius 3 is 2.76 bits per heavy atom. The number of hydrogen-bond acceptors (Lipinski definition) is 6. The van der Waals surface area contributed by atoms with Crippen LogP contribution < -0.4 is 14.3 Å². The second kappa shape index (κ2) is 7.71. The molecule has 2 heterocycles. The highest BCUT2D eigenvalue weighted by atomic mass is 32.1. The van der Waals surface area contributed by atoms with Gasteiger partial charge in [-0.1, -0.05) is 29.5 Å². The van der Waals surface area contributed by atoms with Gasteiger partial charge in [0.05, 0.1) is 17.3 Å². The van der Waals surface area contributed by atoms with Crippen LogP contribution in [0, 0.1) is 13.8 Å². The van der Waals surface area contributed by atoms with E-state index in [0.717, 1.165) is 21.3 Å². The summed E-state index contributed by atoms with van der Waals surface area (Å²) < 4.78 is 18.9. The van der Waals surface area contributed by atoms with Crippen molar-refractivity contribution in [1.29, 1.82) is 0 Å². The van der Waals surface area contributed by atoms with Crippen LogP contribution in [0.4, 0.5) is 0 Å². The number of amides is 1. The molecule has 1 atom stereocenters. The summed E-state index contributed by atoms with van der Waals surface area (Å²) in [5.41, 5.74) is 2.96. The highest BCUT2D eigenvalue weighted by Gasteiger charge is 2.27. The lowest BCUT2D eigenvalue weighted by Gasteiger charge is -2.23. The van der Waals surface area contributed by atoms with E-state index in [4.69, 9.17) is 14.2 Å². The number of ether oxygens (including phenoxy) is 3. The minimum absolute atomic E-state index is 0.0304. The van der Waals surface area contributed by atoms with Crippen LogP contribution >= 0.6 is 11.3 Å². The van der Waals surface area contributed by atoms with E-state index in [1.165, 1.54) is 18.4 Å². The van der Waals surface area contributed by atoms with E-state index in [2.05, 4.69) is 4.99 Å². The van der Waals surface area contributed by atoms with E-state index in [0.29, 0.717) is 16.3 Å². The number of thiazole rings is 1. The van der Waals surface area contributed by atoms with Crippen molar-refractivity contribution in [3.05, 3.63) is 52.3 Å². The van der Waals surface area contributed by atoms with Crippen molar-refractivity contribution in [2.75, 3.05) is 13.7 Å². The molecular weight excluding hydrogens is 392 g/mol. The highest BCUT2D eigenvalue weighted by Crippen LogP contribution is 2.31. The van der Waals surface area contributed by atoms with Crippen LogP contribution in [-0.2, 0) is 20.9 Å². The standard InChI is InChI=1S/C21H20N2O5S/c1-12-8-13(2)19-17(9-12)29-21(23(19)10-18(24)26-3)22-20(25)16-11-27-14-6-4-5-7-15(14)28-16/h4-9,16H,10-11H2,1-3H3/t16-/m0/s1. The summed E-state index contributed by atoms with van der Waals surface area (Å²) in [6, 6.07) is 11.2. The number of fused-ring (bicyclic) bond motifs is 2. The van der Waals surface area contributed by atoms with Gasteiger partial charge in [0.15, 0.2) is 16.3 Å². The Kier molecular flexibility index (Phi) is 5.10. The van der Waals surface area contributed by atoms with Crippen LogP contribution in [0.3, 0.4) is 0 Å². The first-order valence-electron chi connectivity index (χ1n) is 9.10. The molecule has 1 amide bonds. The fraction of sp³-hybridized carbons (Fsp3) is 0.286. The molecule has 0 saturated heterocycles. The number of aryl methyl sites for hydroxylation is 2. The van der Waals surface area contributed by atoms with Gasteiger partial charge >= 0.3 is 5.97 Å². The van der Waals surface area contributed by atoms with E-state index < -0.39 is 18.0 Å². The normalized spacial score (nSPS) is 16.1. The lowest BCUT2D eigenvalue weighted by Crippen LogP contribution is -2.37. The van der Waals surface area contributed by atoms with E-state index in [9.17, 15) is 9.59 Å². The van der Waals surface area contributed by atoms with Crippen molar-refractivity contribution < 1.29 is 23.8 Å². The number of rotatable bonds is 3. The quantitative estimate of drug-likeness (QED) is 0.618. The maximum atomic E-state index is 12.8. The Balaban J connectivity index is 1.75. The molecule has 2 aromatic carbocycles. The first-order valence-corrected chi connectivity index (χ1v) is 9.92. The van der Waals surface area contributed by atoms with Crippen LogP contribution in [-0.4, -0.2) is 36.3 Å². The van der Waals surface area contributed by atoms with Crippen molar-refractivity contribution in [2.24, 2.45) is 4.99 Å². The molecule has 8 heteroatoms. The van der Waals surface area contributed by atoms with Crippen LogP contribution in [0.15, 0.2) is 41.4 Å². The summed E-state index contributed by atoms with van der Waals surface area (Å²) in [5, 5.41) is 0. The van der Waals surface area contributed by atoms with Crippen LogP contribution in [0.1, 0.15) is 11.1 Å². The van der Waals surface area contributed by atoms with Crippen molar-refractivity contribution >= 4 is 33.4 Å². The number of aromatic nitrogens is 1. The van der Waals surface area contributed by atoms with Crippen molar-refractivity contribution in [3.8, 4) is 11.5 Å². The Morgan fingerprint density at radius 1 is 1.24 bits per heavy atom. The number of benzene rings is 2. The Labute approximate surface area is 171 Å².